The monoisotopic (exact) mass is 417 g/mol. The molecule has 3 rings (SSSR count). The maximum Gasteiger partial charge on any atom is 0.279 e. The minimum absolute atomic E-state index is 0.00570. The van der Waals surface area contributed by atoms with Gasteiger partial charge in [-0.05, 0) is 60.1 Å². The fraction of sp³-hybridized carbons (Fsp3) is 0.350. The summed E-state index contributed by atoms with van der Waals surface area (Å²) < 4.78 is 5.51. The summed E-state index contributed by atoms with van der Waals surface area (Å²) in [4.78, 5) is 24.3. The predicted molar refractivity (Wildman–Crippen MR) is 113 cm³/mol. The first-order valence-corrected chi connectivity index (χ1v) is 10.6. The fourth-order valence-corrected chi connectivity index (χ4v) is 3.98. The zero-order chi connectivity index (χ0) is 19.8. The van der Waals surface area contributed by atoms with Gasteiger partial charge in [0.1, 0.15) is 5.75 Å². The van der Waals surface area contributed by atoms with Crippen LogP contribution >= 0.6 is 23.6 Å². The van der Waals surface area contributed by atoms with Crippen molar-refractivity contribution < 1.29 is 14.3 Å². The number of ether oxygens (including phenoxy) is 1. The van der Waals surface area contributed by atoms with Crippen molar-refractivity contribution in [1.82, 2.24) is 16.2 Å². The van der Waals surface area contributed by atoms with Crippen LogP contribution in [-0.2, 0) is 4.79 Å². The highest BCUT2D eigenvalue weighted by Crippen LogP contribution is 2.33. The molecular weight excluding hydrogens is 394 g/mol. The summed E-state index contributed by atoms with van der Waals surface area (Å²) in [5, 5.41) is 4.26. The van der Waals surface area contributed by atoms with E-state index in [0.717, 1.165) is 0 Å². The molecule has 0 unspecified atom stereocenters. The van der Waals surface area contributed by atoms with Crippen molar-refractivity contribution in [1.29, 1.82) is 0 Å². The van der Waals surface area contributed by atoms with Gasteiger partial charge in [-0.3, -0.25) is 25.8 Å². The van der Waals surface area contributed by atoms with Crippen LogP contribution in [0.25, 0.3) is 0 Å². The number of nitrogens with one attached hydrogen (secondary N) is 3. The summed E-state index contributed by atoms with van der Waals surface area (Å²) in [5.41, 5.74) is 6.26. The summed E-state index contributed by atoms with van der Waals surface area (Å²) in [6.07, 6.45) is 6.42. The second kappa shape index (κ2) is 10.2. The molecule has 0 saturated heterocycles. The van der Waals surface area contributed by atoms with Crippen molar-refractivity contribution in [3.8, 4) is 5.75 Å². The predicted octanol–water partition coefficient (Wildman–Crippen LogP) is 3.51. The van der Waals surface area contributed by atoms with Crippen LogP contribution in [0.1, 0.15) is 53.3 Å². The molecule has 3 N–H and O–H groups in total. The number of carbonyl (C=O) groups is 2. The van der Waals surface area contributed by atoms with Crippen LogP contribution in [0.5, 0.6) is 5.75 Å². The molecule has 1 aliphatic rings. The Balaban J connectivity index is 1.37. The Bertz CT molecular complexity index is 801. The van der Waals surface area contributed by atoms with E-state index >= 15 is 0 Å². The minimum atomic E-state index is -0.403. The lowest BCUT2D eigenvalue weighted by atomic mass is 9.84. The van der Waals surface area contributed by atoms with Crippen molar-refractivity contribution in [2.75, 3.05) is 6.61 Å². The Morgan fingerprint density at radius 1 is 1.07 bits per heavy atom. The van der Waals surface area contributed by atoms with E-state index in [0.29, 0.717) is 16.5 Å². The molecule has 148 valence electrons. The van der Waals surface area contributed by atoms with Crippen LogP contribution in [0.2, 0.25) is 0 Å². The van der Waals surface area contributed by atoms with E-state index in [2.05, 4.69) is 28.3 Å². The Morgan fingerprint density at radius 3 is 2.50 bits per heavy atom. The zero-order valence-electron chi connectivity index (χ0n) is 15.4. The van der Waals surface area contributed by atoms with Gasteiger partial charge in [-0.25, -0.2) is 0 Å². The molecule has 0 radical (unpaired) electrons. The van der Waals surface area contributed by atoms with Gasteiger partial charge in [0.05, 0.1) is 4.88 Å². The minimum Gasteiger partial charge on any atom is -0.484 e. The Morgan fingerprint density at radius 2 is 1.82 bits per heavy atom. The standard InChI is InChI=1S/C20H23N3O3S2/c24-18(21-20(27)23-22-19(25)17-7-4-12-28-17)13-26-16-10-8-15(9-11-16)14-5-2-1-3-6-14/h4,7-12,14H,1-3,5-6,13H2,(H,22,25)(H2,21,23,24,27). The van der Waals surface area contributed by atoms with Crippen LogP contribution in [0, 0.1) is 0 Å². The van der Waals surface area contributed by atoms with Gasteiger partial charge in [0, 0.05) is 0 Å². The highest BCUT2D eigenvalue weighted by Gasteiger charge is 2.15. The number of thiocarbonyl (C=S) groups is 1. The van der Waals surface area contributed by atoms with E-state index in [1.807, 2.05) is 12.1 Å². The Hall–Kier alpha value is -2.45. The maximum absolute atomic E-state index is 11.9. The van der Waals surface area contributed by atoms with E-state index < -0.39 is 5.91 Å². The fourth-order valence-electron chi connectivity index (χ4n) is 3.20. The highest BCUT2D eigenvalue weighted by atomic mass is 32.1. The third-order valence-corrected chi connectivity index (χ3v) is 5.69. The molecule has 1 heterocycles. The highest BCUT2D eigenvalue weighted by molar-refractivity contribution is 7.80. The van der Waals surface area contributed by atoms with Gasteiger partial charge in [0.2, 0.25) is 0 Å². The van der Waals surface area contributed by atoms with E-state index in [4.69, 9.17) is 17.0 Å². The van der Waals surface area contributed by atoms with Gasteiger partial charge in [-0.15, -0.1) is 11.3 Å². The number of thiophene rings is 1. The number of hydrogen-bond acceptors (Lipinski definition) is 5. The average Bonchev–Trinajstić information content (AvgIpc) is 3.26. The van der Waals surface area contributed by atoms with Crippen molar-refractivity contribution >= 4 is 40.5 Å². The van der Waals surface area contributed by atoms with E-state index in [-0.39, 0.29) is 17.6 Å². The van der Waals surface area contributed by atoms with E-state index in [9.17, 15) is 9.59 Å². The van der Waals surface area contributed by atoms with Crippen molar-refractivity contribution in [3.63, 3.8) is 0 Å². The van der Waals surface area contributed by atoms with Gasteiger partial charge in [-0.1, -0.05) is 37.5 Å². The largest absolute Gasteiger partial charge is 0.484 e. The number of hydrogen-bond donors (Lipinski definition) is 3. The van der Waals surface area contributed by atoms with E-state index in [1.54, 1.807) is 17.5 Å². The quantitative estimate of drug-likeness (QED) is 0.513. The molecule has 0 atom stereocenters. The third-order valence-electron chi connectivity index (χ3n) is 4.61. The van der Waals surface area contributed by atoms with Gasteiger partial charge >= 0.3 is 0 Å². The molecule has 2 amide bonds. The zero-order valence-corrected chi connectivity index (χ0v) is 17.0. The van der Waals surface area contributed by atoms with Gasteiger partial charge in [0.15, 0.2) is 11.7 Å². The van der Waals surface area contributed by atoms with E-state index in [1.165, 1.54) is 49.0 Å². The molecule has 8 heteroatoms. The summed E-state index contributed by atoms with van der Waals surface area (Å²) >= 11 is 6.30. The molecule has 1 aromatic carbocycles. The van der Waals surface area contributed by atoms with Crippen molar-refractivity contribution in [2.24, 2.45) is 0 Å². The lowest BCUT2D eigenvalue weighted by Gasteiger charge is -2.22. The van der Waals surface area contributed by atoms with Crippen LogP contribution in [0.3, 0.4) is 0 Å². The van der Waals surface area contributed by atoms with Gasteiger partial charge < -0.3 is 4.74 Å². The number of rotatable bonds is 5. The molecule has 2 aromatic rings. The normalized spacial score (nSPS) is 14.1. The first kappa shape index (κ1) is 20.3. The smallest absolute Gasteiger partial charge is 0.279 e. The molecule has 0 spiro atoms. The molecule has 6 nitrogen and oxygen atoms in total. The summed E-state index contributed by atoms with van der Waals surface area (Å²) in [7, 11) is 0. The van der Waals surface area contributed by atoms with Crippen LogP contribution in [0.15, 0.2) is 41.8 Å². The molecule has 1 saturated carbocycles. The molecule has 0 bridgehead atoms. The first-order chi connectivity index (χ1) is 13.6. The molecule has 1 aliphatic carbocycles. The molecular formula is C20H23N3O3S2. The summed E-state index contributed by atoms with van der Waals surface area (Å²) in [6, 6.07) is 11.4. The van der Waals surface area contributed by atoms with Crippen LogP contribution in [0.4, 0.5) is 0 Å². The van der Waals surface area contributed by atoms with Gasteiger partial charge in [-0.2, -0.15) is 0 Å². The number of carbonyl (C=O) groups excluding carboxylic acids is 2. The maximum atomic E-state index is 11.9. The van der Waals surface area contributed by atoms with Crippen LogP contribution in [-0.4, -0.2) is 23.5 Å². The molecule has 28 heavy (non-hydrogen) atoms. The topological polar surface area (TPSA) is 79.5 Å². The Kier molecular flexibility index (Phi) is 7.39. The van der Waals surface area contributed by atoms with Crippen LogP contribution < -0.4 is 20.9 Å². The lowest BCUT2D eigenvalue weighted by molar-refractivity contribution is -0.121. The summed E-state index contributed by atoms with van der Waals surface area (Å²) in [6.45, 7) is -0.163. The lowest BCUT2D eigenvalue weighted by Crippen LogP contribution is -2.49. The average molecular weight is 418 g/mol. The third kappa shape index (κ3) is 6.03. The molecule has 1 aromatic heterocycles. The summed E-state index contributed by atoms with van der Waals surface area (Å²) in [5.74, 6) is 0.554. The first-order valence-electron chi connectivity index (χ1n) is 9.28. The number of benzene rings is 1. The molecule has 0 aliphatic heterocycles. The Labute approximate surface area is 173 Å². The number of hydrazine groups is 1. The second-order valence-electron chi connectivity index (χ2n) is 6.63. The van der Waals surface area contributed by atoms with Gasteiger partial charge in [0.25, 0.3) is 11.8 Å². The SMILES string of the molecule is O=C(COc1ccc(C2CCCCC2)cc1)NC(=S)NNC(=O)c1cccs1. The van der Waals surface area contributed by atoms with Crippen molar-refractivity contribution in [2.45, 2.75) is 38.0 Å². The van der Waals surface area contributed by atoms with Crippen molar-refractivity contribution in [3.05, 3.63) is 52.2 Å². The second-order valence-corrected chi connectivity index (χ2v) is 7.98. The number of amides is 2. The molecule has 1 fully saturated rings.